The van der Waals surface area contributed by atoms with Gasteiger partial charge in [-0.15, -0.1) is 0 Å². The summed E-state index contributed by atoms with van der Waals surface area (Å²) >= 11 is 0. The standard InChI is InChI=1S/C12H20N4O/c1-10(2)11(16-7-3-4-14-16)12(17)15-8-5-13-6-9-15/h3-4,7,10-11,13H,5-6,8-9H2,1-2H3. The molecule has 1 aliphatic heterocycles. The molecule has 1 unspecified atom stereocenters. The van der Waals surface area contributed by atoms with Gasteiger partial charge in [0.05, 0.1) is 0 Å². The van der Waals surface area contributed by atoms with Gasteiger partial charge in [0.2, 0.25) is 5.91 Å². The van der Waals surface area contributed by atoms with Crippen molar-refractivity contribution in [3.63, 3.8) is 0 Å². The fourth-order valence-corrected chi connectivity index (χ4v) is 2.22. The Labute approximate surface area is 102 Å². The van der Waals surface area contributed by atoms with Crippen LogP contribution in [0.1, 0.15) is 19.9 Å². The van der Waals surface area contributed by atoms with Gasteiger partial charge < -0.3 is 10.2 Å². The van der Waals surface area contributed by atoms with E-state index in [-0.39, 0.29) is 17.9 Å². The minimum absolute atomic E-state index is 0.178. The Kier molecular flexibility index (Phi) is 3.78. The predicted octanol–water partition coefficient (Wildman–Crippen LogP) is 0.512. The van der Waals surface area contributed by atoms with Crippen molar-refractivity contribution >= 4 is 5.91 Å². The molecular weight excluding hydrogens is 216 g/mol. The van der Waals surface area contributed by atoms with Crippen molar-refractivity contribution in [2.75, 3.05) is 26.2 Å². The number of amides is 1. The summed E-state index contributed by atoms with van der Waals surface area (Å²) in [7, 11) is 0. The minimum Gasteiger partial charge on any atom is -0.338 e. The summed E-state index contributed by atoms with van der Waals surface area (Å²) in [6.07, 6.45) is 3.59. The third kappa shape index (κ3) is 2.66. The average molecular weight is 236 g/mol. The van der Waals surface area contributed by atoms with E-state index in [1.54, 1.807) is 10.9 Å². The van der Waals surface area contributed by atoms with E-state index in [4.69, 9.17) is 0 Å². The van der Waals surface area contributed by atoms with E-state index >= 15 is 0 Å². The van der Waals surface area contributed by atoms with E-state index in [0.717, 1.165) is 26.2 Å². The van der Waals surface area contributed by atoms with E-state index < -0.39 is 0 Å². The van der Waals surface area contributed by atoms with Crippen molar-refractivity contribution in [3.8, 4) is 0 Å². The monoisotopic (exact) mass is 236 g/mol. The van der Waals surface area contributed by atoms with Crippen LogP contribution < -0.4 is 5.32 Å². The summed E-state index contributed by atoms with van der Waals surface area (Å²) in [5.74, 6) is 0.433. The van der Waals surface area contributed by atoms with Crippen LogP contribution >= 0.6 is 0 Å². The van der Waals surface area contributed by atoms with Crippen LogP contribution in [0.4, 0.5) is 0 Å². The van der Waals surface area contributed by atoms with Crippen molar-refractivity contribution in [1.29, 1.82) is 0 Å². The molecule has 1 aliphatic rings. The molecule has 0 saturated carbocycles. The number of rotatable bonds is 3. The number of hydrogen-bond donors (Lipinski definition) is 1. The number of nitrogens with zero attached hydrogens (tertiary/aromatic N) is 3. The lowest BCUT2D eigenvalue weighted by Gasteiger charge is -2.32. The van der Waals surface area contributed by atoms with Crippen LogP contribution in [0.3, 0.4) is 0 Å². The lowest BCUT2D eigenvalue weighted by atomic mass is 10.0. The van der Waals surface area contributed by atoms with Gasteiger partial charge >= 0.3 is 0 Å². The highest BCUT2D eigenvalue weighted by Crippen LogP contribution is 2.19. The first-order valence-electron chi connectivity index (χ1n) is 6.19. The fourth-order valence-electron chi connectivity index (χ4n) is 2.22. The zero-order valence-electron chi connectivity index (χ0n) is 10.5. The molecule has 1 aromatic rings. The number of nitrogens with one attached hydrogen (secondary N) is 1. The van der Waals surface area contributed by atoms with Crippen LogP contribution in [0.15, 0.2) is 18.5 Å². The van der Waals surface area contributed by atoms with Crippen LogP contribution in [-0.4, -0.2) is 46.8 Å². The molecular formula is C12H20N4O. The molecule has 1 atom stereocenters. The summed E-state index contributed by atoms with van der Waals surface area (Å²) < 4.78 is 1.77. The van der Waals surface area contributed by atoms with Crippen molar-refractivity contribution in [1.82, 2.24) is 20.0 Å². The SMILES string of the molecule is CC(C)C(C(=O)N1CCNCC1)n1cccn1. The molecule has 1 N–H and O–H groups in total. The van der Waals surface area contributed by atoms with Gasteiger partial charge in [-0.05, 0) is 12.0 Å². The van der Waals surface area contributed by atoms with Crippen molar-refractivity contribution in [2.24, 2.45) is 5.92 Å². The van der Waals surface area contributed by atoms with E-state index in [0.29, 0.717) is 0 Å². The predicted molar refractivity (Wildman–Crippen MR) is 65.6 cm³/mol. The first-order valence-corrected chi connectivity index (χ1v) is 6.19. The highest BCUT2D eigenvalue weighted by atomic mass is 16.2. The van der Waals surface area contributed by atoms with Gasteiger partial charge in [-0.2, -0.15) is 5.10 Å². The second-order valence-corrected chi connectivity index (χ2v) is 4.75. The summed E-state index contributed by atoms with van der Waals surface area (Å²) in [4.78, 5) is 14.4. The number of piperazine rings is 1. The second kappa shape index (κ2) is 5.31. The quantitative estimate of drug-likeness (QED) is 0.832. The minimum atomic E-state index is -0.178. The third-order valence-electron chi connectivity index (χ3n) is 3.12. The Hall–Kier alpha value is -1.36. The Morgan fingerprint density at radius 2 is 2.06 bits per heavy atom. The van der Waals surface area contributed by atoms with Gasteiger partial charge in [-0.3, -0.25) is 9.48 Å². The number of carbonyl (C=O) groups excluding carboxylic acids is 1. The highest BCUT2D eigenvalue weighted by molar-refractivity contribution is 5.80. The van der Waals surface area contributed by atoms with Gasteiger partial charge in [-0.25, -0.2) is 0 Å². The zero-order valence-corrected chi connectivity index (χ0v) is 10.5. The first kappa shape index (κ1) is 12.1. The highest BCUT2D eigenvalue weighted by Gasteiger charge is 2.29. The van der Waals surface area contributed by atoms with Gasteiger partial charge in [0.1, 0.15) is 6.04 Å². The second-order valence-electron chi connectivity index (χ2n) is 4.75. The summed E-state index contributed by atoms with van der Waals surface area (Å²) in [6, 6.07) is 1.68. The van der Waals surface area contributed by atoms with Crippen LogP contribution in [0.2, 0.25) is 0 Å². The summed E-state index contributed by atoms with van der Waals surface area (Å²) in [5.41, 5.74) is 0. The van der Waals surface area contributed by atoms with Crippen LogP contribution in [-0.2, 0) is 4.79 Å². The Morgan fingerprint density at radius 1 is 1.35 bits per heavy atom. The maximum atomic E-state index is 12.5. The number of hydrogen-bond acceptors (Lipinski definition) is 3. The zero-order chi connectivity index (χ0) is 12.3. The molecule has 1 fully saturated rings. The molecule has 17 heavy (non-hydrogen) atoms. The van der Waals surface area contributed by atoms with Gasteiger partial charge in [0.25, 0.3) is 0 Å². The van der Waals surface area contributed by atoms with Crippen LogP contribution in [0.5, 0.6) is 0 Å². The topological polar surface area (TPSA) is 50.2 Å². The molecule has 1 saturated heterocycles. The van der Waals surface area contributed by atoms with Gasteiger partial charge in [-0.1, -0.05) is 13.8 Å². The average Bonchev–Trinajstić information content (AvgIpc) is 2.83. The van der Waals surface area contributed by atoms with Crippen molar-refractivity contribution in [3.05, 3.63) is 18.5 Å². The fraction of sp³-hybridized carbons (Fsp3) is 0.667. The molecule has 1 aromatic heterocycles. The maximum Gasteiger partial charge on any atom is 0.247 e. The van der Waals surface area contributed by atoms with Crippen LogP contribution in [0, 0.1) is 5.92 Å². The smallest absolute Gasteiger partial charge is 0.247 e. The molecule has 0 radical (unpaired) electrons. The summed E-state index contributed by atoms with van der Waals surface area (Å²) in [5, 5.41) is 7.46. The largest absolute Gasteiger partial charge is 0.338 e. The molecule has 5 heteroatoms. The van der Waals surface area contributed by atoms with E-state index in [1.807, 2.05) is 17.2 Å². The number of aromatic nitrogens is 2. The lowest BCUT2D eigenvalue weighted by molar-refractivity contribution is -0.137. The van der Waals surface area contributed by atoms with Crippen molar-refractivity contribution in [2.45, 2.75) is 19.9 Å². The molecule has 94 valence electrons. The first-order chi connectivity index (χ1) is 8.20. The van der Waals surface area contributed by atoms with E-state index in [1.165, 1.54) is 0 Å². The van der Waals surface area contributed by atoms with Gasteiger partial charge in [0.15, 0.2) is 0 Å². The lowest BCUT2D eigenvalue weighted by Crippen LogP contribution is -2.49. The molecule has 0 bridgehead atoms. The molecule has 0 aromatic carbocycles. The third-order valence-corrected chi connectivity index (χ3v) is 3.12. The maximum absolute atomic E-state index is 12.5. The molecule has 2 rings (SSSR count). The molecule has 0 aliphatic carbocycles. The number of carbonyl (C=O) groups is 1. The molecule has 0 spiro atoms. The molecule has 5 nitrogen and oxygen atoms in total. The van der Waals surface area contributed by atoms with Crippen molar-refractivity contribution < 1.29 is 4.79 Å². The Balaban J connectivity index is 2.13. The normalized spacial score (nSPS) is 18.4. The Bertz CT molecular complexity index is 355. The molecule has 1 amide bonds. The van der Waals surface area contributed by atoms with E-state index in [9.17, 15) is 4.79 Å². The summed E-state index contributed by atoms with van der Waals surface area (Å²) in [6.45, 7) is 7.48. The van der Waals surface area contributed by atoms with Gasteiger partial charge in [0, 0.05) is 38.6 Å². The Morgan fingerprint density at radius 3 is 2.59 bits per heavy atom. The van der Waals surface area contributed by atoms with Crippen LogP contribution in [0.25, 0.3) is 0 Å². The molecule has 2 heterocycles. The van der Waals surface area contributed by atoms with E-state index in [2.05, 4.69) is 24.3 Å².